The first-order valence-corrected chi connectivity index (χ1v) is 10.8. The van der Waals surface area contributed by atoms with Gasteiger partial charge in [-0.1, -0.05) is 25.6 Å². The molecule has 0 unspecified atom stereocenters. The van der Waals surface area contributed by atoms with Crippen molar-refractivity contribution in [2.45, 2.75) is 45.7 Å². The molecule has 3 heterocycles. The minimum absolute atomic E-state index is 0.122. The maximum absolute atomic E-state index is 12.1. The number of aromatic nitrogens is 4. The van der Waals surface area contributed by atoms with Crippen LogP contribution in [0.25, 0.3) is 15.9 Å². The fourth-order valence-electron chi connectivity index (χ4n) is 2.79. The number of carbonyl (C=O) groups is 2. The van der Waals surface area contributed by atoms with E-state index in [1.807, 2.05) is 4.40 Å². The third-order valence-corrected chi connectivity index (χ3v) is 6.28. The maximum atomic E-state index is 12.1. The predicted molar refractivity (Wildman–Crippen MR) is 110 cm³/mol. The van der Waals surface area contributed by atoms with E-state index in [4.69, 9.17) is 9.72 Å². The third-order valence-electron chi connectivity index (χ3n) is 4.25. The molecule has 0 fully saturated rings. The first kappa shape index (κ1) is 20.5. The van der Waals surface area contributed by atoms with Crippen LogP contribution in [0.3, 0.4) is 0 Å². The Kier molecular flexibility index (Phi) is 6.19. The maximum Gasteiger partial charge on any atom is 0.325 e. The minimum atomic E-state index is -0.453. The molecule has 0 saturated heterocycles. The highest BCUT2D eigenvalue weighted by Gasteiger charge is 2.21. The predicted octanol–water partition coefficient (Wildman–Crippen LogP) is 2.85. The number of rotatable bonds is 7. The summed E-state index contributed by atoms with van der Waals surface area (Å²) in [6, 6.07) is 0. The lowest BCUT2D eigenvalue weighted by Crippen LogP contribution is -2.31. The van der Waals surface area contributed by atoms with E-state index in [9.17, 15) is 9.59 Å². The Morgan fingerprint density at radius 1 is 1.29 bits per heavy atom. The smallest absolute Gasteiger partial charge is 0.325 e. The molecule has 10 heteroatoms. The number of thiophene rings is 1. The molecule has 0 spiro atoms. The molecule has 0 aromatic carbocycles. The molecule has 0 saturated carbocycles. The van der Waals surface area contributed by atoms with Crippen molar-refractivity contribution >= 4 is 50.8 Å². The summed E-state index contributed by atoms with van der Waals surface area (Å²) in [7, 11) is 0. The quantitative estimate of drug-likeness (QED) is 0.463. The summed E-state index contributed by atoms with van der Waals surface area (Å²) in [6.07, 6.45) is 0. The van der Waals surface area contributed by atoms with Gasteiger partial charge in [0.25, 0.3) is 0 Å². The van der Waals surface area contributed by atoms with Gasteiger partial charge in [0.2, 0.25) is 5.91 Å². The highest BCUT2D eigenvalue weighted by atomic mass is 32.2. The lowest BCUT2D eigenvalue weighted by molar-refractivity contribution is -0.143. The van der Waals surface area contributed by atoms with E-state index in [0.717, 1.165) is 27.3 Å². The van der Waals surface area contributed by atoms with Crippen molar-refractivity contribution in [3.8, 4) is 0 Å². The molecule has 0 aliphatic rings. The van der Waals surface area contributed by atoms with Gasteiger partial charge in [-0.2, -0.15) is 0 Å². The molecular formula is C18H23N5O3S2. The van der Waals surface area contributed by atoms with Crippen molar-refractivity contribution in [2.75, 3.05) is 18.9 Å². The zero-order valence-corrected chi connectivity index (χ0v) is 18.2. The van der Waals surface area contributed by atoms with Gasteiger partial charge in [-0.25, -0.2) is 4.98 Å². The molecule has 8 nitrogen and oxygen atoms in total. The number of hydrogen-bond donors (Lipinski definition) is 1. The van der Waals surface area contributed by atoms with E-state index >= 15 is 0 Å². The Labute approximate surface area is 171 Å². The zero-order chi connectivity index (χ0) is 20.4. The van der Waals surface area contributed by atoms with Crippen LogP contribution in [0.5, 0.6) is 0 Å². The van der Waals surface area contributed by atoms with Gasteiger partial charge >= 0.3 is 5.97 Å². The minimum Gasteiger partial charge on any atom is -0.465 e. The first-order chi connectivity index (χ1) is 13.3. The van der Waals surface area contributed by atoms with Crippen molar-refractivity contribution in [3.05, 3.63) is 16.3 Å². The fourth-order valence-corrected chi connectivity index (χ4v) is 4.59. The van der Waals surface area contributed by atoms with Crippen LogP contribution in [0.15, 0.2) is 5.16 Å². The molecule has 3 rings (SSSR count). The molecule has 0 aliphatic carbocycles. The van der Waals surface area contributed by atoms with E-state index in [0.29, 0.717) is 5.16 Å². The van der Waals surface area contributed by atoms with E-state index in [2.05, 4.69) is 43.2 Å². The van der Waals surface area contributed by atoms with Crippen LogP contribution in [0.2, 0.25) is 0 Å². The van der Waals surface area contributed by atoms with Gasteiger partial charge in [-0.15, -0.1) is 21.5 Å². The number of fused-ring (bicyclic) bond motifs is 3. The van der Waals surface area contributed by atoms with E-state index < -0.39 is 5.97 Å². The second-order valence-corrected chi connectivity index (χ2v) is 8.75. The highest BCUT2D eigenvalue weighted by Crippen LogP contribution is 2.34. The highest BCUT2D eigenvalue weighted by molar-refractivity contribution is 7.99. The van der Waals surface area contributed by atoms with Gasteiger partial charge in [0.15, 0.2) is 10.8 Å². The van der Waals surface area contributed by atoms with Crippen LogP contribution in [-0.2, 0) is 14.3 Å². The van der Waals surface area contributed by atoms with Crippen LogP contribution in [0, 0.1) is 13.8 Å². The molecule has 1 amide bonds. The van der Waals surface area contributed by atoms with Crippen molar-refractivity contribution in [1.29, 1.82) is 0 Å². The Hall–Kier alpha value is -2.20. The normalized spacial score (nSPS) is 11.5. The number of hydrogen-bond acceptors (Lipinski definition) is 8. The van der Waals surface area contributed by atoms with Crippen molar-refractivity contribution in [3.63, 3.8) is 0 Å². The summed E-state index contributed by atoms with van der Waals surface area (Å²) in [5.41, 5.74) is 1.92. The fraction of sp³-hybridized carbons (Fsp3) is 0.500. The van der Waals surface area contributed by atoms with Gasteiger partial charge in [0.05, 0.1) is 17.7 Å². The van der Waals surface area contributed by atoms with Crippen LogP contribution in [0.1, 0.15) is 43.0 Å². The summed E-state index contributed by atoms with van der Waals surface area (Å²) in [4.78, 5) is 30.4. The van der Waals surface area contributed by atoms with Crippen LogP contribution < -0.4 is 5.32 Å². The Morgan fingerprint density at radius 3 is 2.71 bits per heavy atom. The summed E-state index contributed by atoms with van der Waals surface area (Å²) in [5.74, 6) is 0.436. The standard InChI is InChI=1S/C18H23N5O3S2/c1-6-26-13(25)7-19-12(24)8-27-18-22-21-16-14-10(4)11(5)28-17(14)20-15(9(2)3)23(16)18/h9H,6-8H2,1-5H3,(H,19,24). The molecule has 0 atom stereocenters. The van der Waals surface area contributed by atoms with Crippen molar-refractivity contribution in [2.24, 2.45) is 0 Å². The van der Waals surface area contributed by atoms with E-state index in [1.54, 1.807) is 18.3 Å². The number of esters is 1. The van der Waals surface area contributed by atoms with Gasteiger partial charge in [0.1, 0.15) is 17.2 Å². The molecule has 0 radical (unpaired) electrons. The Morgan fingerprint density at radius 2 is 2.04 bits per heavy atom. The molecule has 1 N–H and O–H groups in total. The number of aryl methyl sites for hydroxylation is 2. The summed E-state index contributed by atoms with van der Waals surface area (Å²) in [5, 5.41) is 12.9. The average Bonchev–Trinajstić information content (AvgIpc) is 3.18. The number of nitrogens with one attached hydrogen (secondary N) is 1. The lowest BCUT2D eigenvalue weighted by atomic mass is 10.2. The van der Waals surface area contributed by atoms with E-state index in [1.165, 1.54) is 16.6 Å². The van der Waals surface area contributed by atoms with Gasteiger partial charge in [0, 0.05) is 10.8 Å². The summed E-state index contributed by atoms with van der Waals surface area (Å²) >= 11 is 2.93. The molecule has 0 aliphatic heterocycles. The first-order valence-electron chi connectivity index (χ1n) is 9.03. The van der Waals surface area contributed by atoms with Gasteiger partial charge in [-0.3, -0.25) is 14.0 Å². The SMILES string of the molecule is CCOC(=O)CNC(=O)CSc1nnc2c3c(C)c(C)sc3nc(C(C)C)n12. The van der Waals surface area contributed by atoms with Crippen LogP contribution in [-0.4, -0.2) is 50.4 Å². The Bertz CT molecular complexity index is 1040. The molecule has 3 aromatic heterocycles. The van der Waals surface area contributed by atoms with Crippen LogP contribution >= 0.6 is 23.1 Å². The average molecular weight is 422 g/mol. The van der Waals surface area contributed by atoms with Gasteiger partial charge in [-0.05, 0) is 26.3 Å². The number of amides is 1. The second kappa shape index (κ2) is 8.44. The summed E-state index contributed by atoms with van der Waals surface area (Å²) < 4.78 is 6.74. The number of thioether (sulfide) groups is 1. The lowest BCUT2D eigenvalue weighted by Gasteiger charge is -2.10. The molecular weight excluding hydrogens is 398 g/mol. The summed E-state index contributed by atoms with van der Waals surface area (Å²) in [6.45, 7) is 10.2. The van der Waals surface area contributed by atoms with Crippen molar-refractivity contribution < 1.29 is 14.3 Å². The van der Waals surface area contributed by atoms with Crippen LogP contribution in [0.4, 0.5) is 0 Å². The van der Waals surface area contributed by atoms with Gasteiger partial charge < -0.3 is 10.1 Å². The molecule has 0 bridgehead atoms. The number of nitrogens with zero attached hydrogens (tertiary/aromatic N) is 4. The number of ether oxygens (including phenoxy) is 1. The second-order valence-electron chi connectivity index (χ2n) is 6.60. The Balaban J connectivity index is 1.87. The molecule has 3 aromatic rings. The zero-order valence-electron chi connectivity index (χ0n) is 16.5. The van der Waals surface area contributed by atoms with E-state index in [-0.39, 0.29) is 30.7 Å². The number of carbonyl (C=O) groups excluding carboxylic acids is 2. The largest absolute Gasteiger partial charge is 0.465 e. The third kappa shape index (κ3) is 3.97. The topological polar surface area (TPSA) is 98.5 Å². The monoisotopic (exact) mass is 421 g/mol. The van der Waals surface area contributed by atoms with Crippen molar-refractivity contribution in [1.82, 2.24) is 24.9 Å². The molecule has 150 valence electrons. The molecule has 28 heavy (non-hydrogen) atoms.